The van der Waals surface area contributed by atoms with E-state index in [-0.39, 0.29) is 6.61 Å². The normalized spacial score (nSPS) is 11.5. The summed E-state index contributed by atoms with van der Waals surface area (Å²) >= 11 is 0. The number of nitrogens with zero attached hydrogens (tertiary/aromatic N) is 1. The van der Waals surface area contributed by atoms with Crippen LogP contribution >= 0.6 is 0 Å². The smallest absolute Gasteiger partial charge is 0.411 e. The molecule has 4 nitrogen and oxygen atoms in total. The Morgan fingerprint density at radius 1 is 1.14 bits per heavy atom. The molecule has 1 aromatic carbocycles. The first-order valence-electron chi connectivity index (χ1n) is 6.70. The Morgan fingerprint density at radius 2 is 1.81 bits per heavy atom. The van der Waals surface area contributed by atoms with Crippen LogP contribution in [-0.4, -0.2) is 46.1 Å². The van der Waals surface area contributed by atoms with Crippen LogP contribution in [-0.2, 0) is 4.74 Å². The van der Waals surface area contributed by atoms with Gasteiger partial charge < -0.3 is 20.1 Å². The molecule has 0 heterocycles. The highest BCUT2D eigenvalue weighted by molar-refractivity contribution is 5.49. The van der Waals surface area contributed by atoms with Gasteiger partial charge in [-0.2, -0.15) is 13.2 Å². The zero-order chi connectivity index (χ0) is 15.7. The molecule has 0 spiro atoms. The van der Waals surface area contributed by atoms with Crippen LogP contribution in [0.1, 0.15) is 6.42 Å². The highest BCUT2D eigenvalue weighted by Crippen LogP contribution is 2.19. The van der Waals surface area contributed by atoms with Crippen LogP contribution in [0.25, 0.3) is 0 Å². The summed E-state index contributed by atoms with van der Waals surface area (Å²) in [6.45, 7) is 0.354. The van der Waals surface area contributed by atoms with Gasteiger partial charge in [0.15, 0.2) is 0 Å². The molecule has 0 aliphatic carbocycles. The Bertz CT molecular complexity index is 396. The van der Waals surface area contributed by atoms with Crippen molar-refractivity contribution in [3.05, 3.63) is 24.3 Å². The molecule has 2 N–H and O–H groups in total. The summed E-state index contributed by atoms with van der Waals surface area (Å²) in [5.41, 5.74) is 6.39. The van der Waals surface area contributed by atoms with E-state index in [1.165, 1.54) is 0 Å². The van der Waals surface area contributed by atoms with Crippen LogP contribution in [0.2, 0.25) is 0 Å². The zero-order valence-electron chi connectivity index (χ0n) is 12.0. The Hall–Kier alpha value is -1.47. The van der Waals surface area contributed by atoms with E-state index >= 15 is 0 Å². The molecule has 0 bridgehead atoms. The van der Waals surface area contributed by atoms with Gasteiger partial charge in [-0.1, -0.05) is 0 Å². The van der Waals surface area contributed by atoms with Crippen molar-refractivity contribution in [3.63, 3.8) is 0 Å². The van der Waals surface area contributed by atoms with Crippen molar-refractivity contribution in [2.75, 3.05) is 44.9 Å². The van der Waals surface area contributed by atoms with Crippen LogP contribution < -0.4 is 15.4 Å². The van der Waals surface area contributed by atoms with Crippen molar-refractivity contribution < 1.29 is 22.6 Å². The summed E-state index contributed by atoms with van der Waals surface area (Å²) in [6, 6.07) is 7.33. The van der Waals surface area contributed by atoms with E-state index < -0.39 is 12.8 Å². The molecule has 21 heavy (non-hydrogen) atoms. The van der Waals surface area contributed by atoms with E-state index in [1.54, 1.807) is 19.2 Å². The summed E-state index contributed by atoms with van der Waals surface area (Å²) in [5, 5.41) is 0. The van der Waals surface area contributed by atoms with Crippen molar-refractivity contribution in [1.29, 1.82) is 0 Å². The molecular weight excluding hydrogens is 285 g/mol. The molecule has 0 atom stereocenters. The third-order valence-electron chi connectivity index (χ3n) is 2.84. The van der Waals surface area contributed by atoms with E-state index in [1.807, 2.05) is 17.0 Å². The van der Waals surface area contributed by atoms with Gasteiger partial charge >= 0.3 is 6.18 Å². The monoisotopic (exact) mass is 306 g/mol. The zero-order valence-corrected chi connectivity index (χ0v) is 12.0. The first-order chi connectivity index (χ1) is 9.96. The molecule has 0 unspecified atom stereocenters. The third kappa shape index (κ3) is 7.19. The Kier molecular flexibility index (Phi) is 7.31. The molecule has 0 radical (unpaired) electrons. The highest BCUT2D eigenvalue weighted by atomic mass is 19.4. The second-order valence-electron chi connectivity index (χ2n) is 4.50. The quantitative estimate of drug-likeness (QED) is 0.712. The van der Waals surface area contributed by atoms with Crippen LogP contribution in [0.5, 0.6) is 5.75 Å². The lowest BCUT2D eigenvalue weighted by Gasteiger charge is -2.25. The first-order valence-corrected chi connectivity index (χ1v) is 6.70. The lowest BCUT2D eigenvalue weighted by Crippen LogP contribution is -2.31. The molecule has 0 aliphatic heterocycles. The summed E-state index contributed by atoms with van der Waals surface area (Å²) in [4.78, 5) is 1.95. The molecule has 7 heteroatoms. The molecule has 120 valence electrons. The molecule has 0 fully saturated rings. The first kappa shape index (κ1) is 17.6. The summed E-state index contributed by atoms with van der Waals surface area (Å²) in [7, 11) is 1.58. The number of methoxy groups -OCH3 is 1. The maximum Gasteiger partial charge on any atom is 0.411 e. The second-order valence-corrected chi connectivity index (χ2v) is 4.50. The van der Waals surface area contributed by atoms with Crippen molar-refractivity contribution in [2.45, 2.75) is 12.6 Å². The van der Waals surface area contributed by atoms with Gasteiger partial charge in [0.1, 0.15) is 12.4 Å². The van der Waals surface area contributed by atoms with E-state index in [2.05, 4.69) is 4.74 Å². The van der Waals surface area contributed by atoms with Crippen molar-refractivity contribution >= 4 is 5.69 Å². The van der Waals surface area contributed by atoms with Gasteiger partial charge in [0.05, 0.1) is 13.7 Å². The molecule has 0 saturated carbocycles. The van der Waals surface area contributed by atoms with E-state index in [9.17, 15) is 13.2 Å². The van der Waals surface area contributed by atoms with Gasteiger partial charge in [0.2, 0.25) is 0 Å². The van der Waals surface area contributed by atoms with Crippen LogP contribution in [0.4, 0.5) is 18.9 Å². The standard InChI is InChI=1S/C14H21F3N2O2/c1-20-13-5-3-12(4-6-13)19(8-2-7-18)9-10-21-11-14(15,16)17/h3-6H,2,7-11,18H2,1H3. The largest absolute Gasteiger partial charge is 0.497 e. The Labute approximate surface area is 122 Å². The average molecular weight is 306 g/mol. The minimum atomic E-state index is -4.29. The number of hydrogen-bond donors (Lipinski definition) is 1. The molecule has 0 aliphatic rings. The topological polar surface area (TPSA) is 47.7 Å². The fourth-order valence-electron chi connectivity index (χ4n) is 1.81. The second kappa shape index (κ2) is 8.74. The number of rotatable bonds is 9. The molecule has 0 saturated heterocycles. The van der Waals surface area contributed by atoms with Gasteiger partial charge in [-0.3, -0.25) is 0 Å². The molecule has 0 amide bonds. The molecule has 0 aromatic heterocycles. The minimum absolute atomic E-state index is 0.0100. The van der Waals surface area contributed by atoms with Gasteiger partial charge in [-0.05, 0) is 37.2 Å². The number of halogens is 3. The van der Waals surface area contributed by atoms with Crippen molar-refractivity contribution in [1.82, 2.24) is 0 Å². The minimum Gasteiger partial charge on any atom is -0.497 e. The average Bonchev–Trinajstić information content (AvgIpc) is 2.45. The molecule has 1 aromatic rings. The summed E-state index contributed by atoms with van der Waals surface area (Å²) in [5.74, 6) is 0.728. The Morgan fingerprint density at radius 3 is 2.33 bits per heavy atom. The maximum absolute atomic E-state index is 12.0. The van der Waals surface area contributed by atoms with E-state index in [0.717, 1.165) is 17.9 Å². The summed E-state index contributed by atoms with van der Waals surface area (Å²) < 4.78 is 45.8. The highest BCUT2D eigenvalue weighted by Gasteiger charge is 2.27. The van der Waals surface area contributed by atoms with Gasteiger partial charge in [0.25, 0.3) is 0 Å². The molecule has 1 rings (SSSR count). The number of benzene rings is 1. The maximum atomic E-state index is 12.0. The summed E-state index contributed by atoms with van der Waals surface area (Å²) in [6.07, 6.45) is -3.53. The fourth-order valence-corrected chi connectivity index (χ4v) is 1.81. The SMILES string of the molecule is COc1ccc(N(CCCN)CCOCC(F)(F)F)cc1. The van der Waals surface area contributed by atoms with Crippen LogP contribution in [0.15, 0.2) is 24.3 Å². The number of hydrogen-bond acceptors (Lipinski definition) is 4. The molecular formula is C14H21F3N2O2. The third-order valence-corrected chi connectivity index (χ3v) is 2.84. The lowest BCUT2D eigenvalue weighted by molar-refractivity contribution is -0.173. The number of ether oxygens (including phenoxy) is 2. The van der Waals surface area contributed by atoms with Gasteiger partial charge in [-0.25, -0.2) is 0 Å². The number of anilines is 1. The number of nitrogens with two attached hydrogens (primary N) is 1. The Balaban J connectivity index is 2.53. The lowest BCUT2D eigenvalue weighted by atomic mass is 10.2. The van der Waals surface area contributed by atoms with Gasteiger partial charge in [0, 0.05) is 18.8 Å². The fraction of sp³-hybridized carbons (Fsp3) is 0.571. The predicted octanol–water partition coefficient (Wildman–Crippen LogP) is 2.43. The predicted molar refractivity (Wildman–Crippen MR) is 75.8 cm³/mol. The van der Waals surface area contributed by atoms with Crippen LogP contribution in [0.3, 0.4) is 0 Å². The van der Waals surface area contributed by atoms with Crippen molar-refractivity contribution in [2.24, 2.45) is 5.73 Å². The van der Waals surface area contributed by atoms with Gasteiger partial charge in [-0.15, -0.1) is 0 Å². The van der Waals surface area contributed by atoms with Crippen molar-refractivity contribution in [3.8, 4) is 5.75 Å². The number of alkyl halides is 3. The van der Waals surface area contributed by atoms with E-state index in [4.69, 9.17) is 10.5 Å². The van der Waals surface area contributed by atoms with E-state index in [0.29, 0.717) is 19.6 Å². The van der Waals surface area contributed by atoms with Crippen LogP contribution in [0, 0.1) is 0 Å².